The lowest BCUT2D eigenvalue weighted by molar-refractivity contribution is 0.208. The van der Waals surface area contributed by atoms with Crippen LogP contribution in [-0.2, 0) is 26.7 Å². The van der Waals surface area contributed by atoms with Crippen LogP contribution in [0.25, 0.3) is 11.2 Å². The van der Waals surface area contributed by atoms with E-state index < -0.39 is 7.60 Å². The molecule has 0 saturated carbocycles. The Morgan fingerprint density at radius 3 is 2.56 bits per heavy atom. The van der Waals surface area contributed by atoms with Crippen molar-refractivity contribution in [3.05, 3.63) is 27.2 Å². The van der Waals surface area contributed by atoms with Crippen molar-refractivity contribution in [2.45, 2.75) is 46.7 Å². The van der Waals surface area contributed by atoms with E-state index >= 15 is 0 Å². The molecule has 0 aliphatic rings. The minimum Gasteiger partial charge on any atom is -0.339 e. The first-order valence-electron chi connectivity index (χ1n) is 8.52. The lowest BCUT2D eigenvalue weighted by Gasteiger charge is -2.16. The fourth-order valence-corrected chi connectivity index (χ4v) is 3.82. The molecule has 1 unspecified atom stereocenters. The predicted molar refractivity (Wildman–Crippen MR) is 95.2 cm³/mol. The maximum atomic E-state index is 12.5. The first kappa shape index (κ1) is 19.6. The summed E-state index contributed by atoms with van der Waals surface area (Å²) in [5, 5.41) is 0. The van der Waals surface area contributed by atoms with Crippen molar-refractivity contribution < 1.29 is 13.6 Å². The molecule has 2 rings (SSSR count). The summed E-state index contributed by atoms with van der Waals surface area (Å²) < 4.78 is 25.4. The highest BCUT2D eigenvalue weighted by atomic mass is 31.2. The highest BCUT2D eigenvalue weighted by Gasteiger charge is 2.20. The van der Waals surface area contributed by atoms with Crippen LogP contribution in [0.4, 0.5) is 0 Å². The van der Waals surface area contributed by atoms with Crippen LogP contribution in [0.3, 0.4) is 0 Å². The Balaban J connectivity index is 2.03. The second-order valence-corrected chi connectivity index (χ2v) is 7.84. The molecule has 0 aromatic carbocycles. The molecule has 1 N–H and O–H groups in total. The number of hydrogen-bond donors (Lipinski definition) is 1. The van der Waals surface area contributed by atoms with Crippen molar-refractivity contribution in [2.75, 3.05) is 19.4 Å². The average molecular weight is 372 g/mol. The van der Waals surface area contributed by atoms with Gasteiger partial charge in [-0.15, -0.1) is 0 Å². The SMILES string of the molecule is CCOP(=O)(CC)OCCCCn1c(=O)c2[nH]cnc2n(CC)c1=O. The zero-order valence-electron chi connectivity index (χ0n) is 14.9. The average Bonchev–Trinajstić information content (AvgIpc) is 3.07. The van der Waals surface area contributed by atoms with E-state index in [2.05, 4.69) is 9.97 Å². The van der Waals surface area contributed by atoms with Crippen molar-refractivity contribution in [2.24, 2.45) is 0 Å². The third-order valence-corrected chi connectivity index (χ3v) is 5.89. The fraction of sp³-hybridized carbons (Fsp3) is 0.667. The number of H-pyrrole nitrogens is 1. The molecule has 0 radical (unpaired) electrons. The highest BCUT2D eigenvalue weighted by Crippen LogP contribution is 2.47. The molecule has 0 saturated heterocycles. The Bertz CT molecular complexity index is 869. The molecule has 0 bridgehead atoms. The molecule has 10 heteroatoms. The Morgan fingerprint density at radius 1 is 1.16 bits per heavy atom. The van der Waals surface area contributed by atoms with Gasteiger partial charge in [-0.1, -0.05) is 6.92 Å². The first-order chi connectivity index (χ1) is 12.0. The number of hydrogen-bond acceptors (Lipinski definition) is 6. The molecule has 0 aliphatic carbocycles. The minimum absolute atomic E-state index is 0.258. The van der Waals surface area contributed by atoms with Gasteiger partial charge in [-0.05, 0) is 26.7 Å². The lowest BCUT2D eigenvalue weighted by Crippen LogP contribution is -2.40. The maximum absolute atomic E-state index is 12.5. The summed E-state index contributed by atoms with van der Waals surface area (Å²) >= 11 is 0. The monoisotopic (exact) mass is 372 g/mol. The van der Waals surface area contributed by atoms with E-state index in [0.29, 0.717) is 43.3 Å². The molecule has 0 spiro atoms. The van der Waals surface area contributed by atoms with Gasteiger partial charge in [0.1, 0.15) is 5.52 Å². The third-order valence-electron chi connectivity index (χ3n) is 3.89. The van der Waals surface area contributed by atoms with Crippen LogP contribution in [0.1, 0.15) is 33.6 Å². The first-order valence-corrected chi connectivity index (χ1v) is 10.2. The second kappa shape index (κ2) is 8.60. The second-order valence-electron chi connectivity index (χ2n) is 5.47. The molecular formula is C15H25N4O5P. The smallest absolute Gasteiger partial charge is 0.332 e. The number of fused-ring (bicyclic) bond motifs is 1. The number of aryl methyl sites for hydroxylation is 1. The Labute approximate surface area is 145 Å². The topological polar surface area (TPSA) is 108 Å². The summed E-state index contributed by atoms with van der Waals surface area (Å²) in [5.41, 5.74) is -0.0551. The van der Waals surface area contributed by atoms with Gasteiger partial charge in [-0.2, -0.15) is 0 Å². The van der Waals surface area contributed by atoms with E-state index in [4.69, 9.17) is 9.05 Å². The Morgan fingerprint density at radius 2 is 1.92 bits per heavy atom. The van der Waals surface area contributed by atoms with Crippen LogP contribution < -0.4 is 11.2 Å². The third kappa shape index (κ3) is 4.29. The quantitative estimate of drug-likeness (QED) is 0.504. The zero-order valence-corrected chi connectivity index (χ0v) is 15.8. The molecular weight excluding hydrogens is 347 g/mol. The van der Waals surface area contributed by atoms with Crippen molar-refractivity contribution in [3.63, 3.8) is 0 Å². The summed E-state index contributed by atoms with van der Waals surface area (Å²) in [6.07, 6.45) is 2.84. The van der Waals surface area contributed by atoms with Crippen molar-refractivity contribution >= 4 is 18.8 Å². The van der Waals surface area contributed by atoms with E-state index in [1.54, 1.807) is 13.8 Å². The van der Waals surface area contributed by atoms with E-state index in [1.807, 2.05) is 6.92 Å². The Kier molecular flexibility index (Phi) is 6.75. The largest absolute Gasteiger partial charge is 0.339 e. The van der Waals surface area contributed by atoms with Gasteiger partial charge in [0.25, 0.3) is 5.56 Å². The van der Waals surface area contributed by atoms with Gasteiger partial charge in [0, 0.05) is 19.3 Å². The number of aromatic nitrogens is 4. The number of imidazole rings is 1. The van der Waals surface area contributed by atoms with Gasteiger partial charge in [-0.25, -0.2) is 9.78 Å². The molecule has 25 heavy (non-hydrogen) atoms. The molecule has 0 amide bonds. The highest BCUT2D eigenvalue weighted by molar-refractivity contribution is 7.53. The van der Waals surface area contributed by atoms with Crippen molar-refractivity contribution in [3.8, 4) is 0 Å². The lowest BCUT2D eigenvalue weighted by atomic mass is 10.3. The standard InChI is InChI=1S/C15H25N4O5P/c1-4-18-13-12(16-11-17-13)14(20)19(15(18)21)9-7-8-10-24-25(22,6-3)23-5-2/h11H,4-10H2,1-3H3,(H,16,17). The van der Waals surface area contributed by atoms with Crippen LogP contribution >= 0.6 is 7.60 Å². The maximum Gasteiger partial charge on any atom is 0.332 e. The van der Waals surface area contributed by atoms with Gasteiger partial charge in [0.15, 0.2) is 5.65 Å². The molecule has 0 aliphatic heterocycles. The molecule has 1 atom stereocenters. The van der Waals surface area contributed by atoms with Gasteiger partial charge in [0.05, 0.1) is 19.5 Å². The molecule has 9 nitrogen and oxygen atoms in total. The van der Waals surface area contributed by atoms with E-state index in [9.17, 15) is 14.2 Å². The number of nitrogens with zero attached hydrogens (tertiary/aromatic N) is 3. The van der Waals surface area contributed by atoms with E-state index in [1.165, 1.54) is 15.5 Å². The van der Waals surface area contributed by atoms with Gasteiger partial charge in [0.2, 0.25) is 0 Å². The number of unbranched alkanes of at least 4 members (excludes halogenated alkanes) is 1. The number of nitrogens with one attached hydrogen (secondary N) is 1. The van der Waals surface area contributed by atoms with Crippen LogP contribution in [0.15, 0.2) is 15.9 Å². The van der Waals surface area contributed by atoms with E-state index in [0.717, 1.165) is 0 Å². The van der Waals surface area contributed by atoms with Gasteiger partial charge in [-0.3, -0.25) is 18.5 Å². The normalized spacial score (nSPS) is 14.0. The molecule has 2 heterocycles. The summed E-state index contributed by atoms with van der Waals surface area (Å²) in [6, 6.07) is 0. The van der Waals surface area contributed by atoms with E-state index in [-0.39, 0.29) is 24.4 Å². The zero-order chi connectivity index (χ0) is 18.4. The molecule has 0 fully saturated rings. The number of aromatic amines is 1. The summed E-state index contributed by atoms with van der Waals surface area (Å²) in [6.45, 7) is 6.63. The van der Waals surface area contributed by atoms with Crippen molar-refractivity contribution in [1.29, 1.82) is 0 Å². The Hall–Kier alpha value is -1.70. The van der Waals surface area contributed by atoms with Gasteiger partial charge >= 0.3 is 13.3 Å². The molecule has 140 valence electrons. The molecule has 2 aromatic rings. The van der Waals surface area contributed by atoms with Crippen LogP contribution in [0.5, 0.6) is 0 Å². The van der Waals surface area contributed by atoms with Crippen molar-refractivity contribution in [1.82, 2.24) is 19.1 Å². The molecule has 2 aromatic heterocycles. The van der Waals surface area contributed by atoms with Crippen LogP contribution in [0, 0.1) is 0 Å². The van der Waals surface area contributed by atoms with Crippen LogP contribution in [0.2, 0.25) is 0 Å². The van der Waals surface area contributed by atoms with Gasteiger partial charge < -0.3 is 14.0 Å². The minimum atomic E-state index is -3.02. The fourth-order valence-electron chi connectivity index (χ4n) is 2.58. The summed E-state index contributed by atoms with van der Waals surface area (Å²) in [7, 11) is -3.02. The number of rotatable bonds is 10. The predicted octanol–water partition coefficient (Wildman–Crippen LogP) is 1.95. The summed E-state index contributed by atoms with van der Waals surface area (Å²) in [4.78, 5) is 31.7. The summed E-state index contributed by atoms with van der Waals surface area (Å²) in [5.74, 6) is 0. The van der Waals surface area contributed by atoms with Crippen LogP contribution in [-0.4, -0.2) is 38.5 Å².